The molecule has 1 saturated carbocycles. The Hall–Kier alpha value is -2.22. The van der Waals surface area contributed by atoms with Crippen molar-refractivity contribution >= 4 is 15.9 Å². The molecule has 0 aromatic heterocycles. The monoisotopic (exact) mass is 455 g/mol. The molecule has 1 aliphatic carbocycles. The summed E-state index contributed by atoms with van der Waals surface area (Å²) in [6.45, 7) is 4.96. The molecule has 0 unspecified atom stereocenters. The van der Waals surface area contributed by atoms with Crippen LogP contribution in [0.3, 0.4) is 0 Å². The number of rotatable bonds is 6. The first kappa shape index (κ1) is 23.0. The average Bonchev–Trinajstić information content (AvgIpc) is 2.81. The molecule has 6 nitrogen and oxygen atoms in total. The molecule has 1 aliphatic heterocycles. The topological polar surface area (TPSA) is 69.7 Å². The summed E-state index contributed by atoms with van der Waals surface area (Å²) in [7, 11) is -3.64. The van der Waals surface area contributed by atoms with Gasteiger partial charge in [0.15, 0.2) is 0 Å². The number of sulfonamides is 1. The van der Waals surface area contributed by atoms with Crippen LogP contribution in [0.25, 0.3) is 0 Å². The molecule has 2 aromatic rings. The fourth-order valence-corrected chi connectivity index (χ4v) is 6.08. The Morgan fingerprint density at radius 2 is 1.66 bits per heavy atom. The molecule has 7 heteroatoms. The first-order valence-electron chi connectivity index (χ1n) is 11.6. The zero-order valence-corrected chi connectivity index (χ0v) is 19.6. The number of hydrogen-bond acceptors (Lipinski definition) is 4. The number of amides is 1. The Morgan fingerprint density at radius 3 is 2.34 bits per heavy atom. The Labute approximate surface area is 191 Å². The average molecular weight is 456 g/mol. The lowest BCUT2D eigenvalue weighted by Gasteiger charge is -2.34. The van der Waals surface area contributed by atoms with E-state index in [1.807, 2.05) is 25.1 Å². The second-order valence-electron chi connectivity index (χ2n) is 8.95. The standard InChI is InChI=1S/C25H33N3O3S/c1-20-12-13-23(18-24(20)25(29)26-22-10-6-3-7-11-22)32(30,31)28-16-14-27(15-17-28)19-21-8-4-2-5-9-21/h2,4-5,8-9,12-13,18,22H,3,6-7,10-11,14-17,19H2,1H3,(H,26,29). The Kier molecular flexibility index (Phi) is 7.28. The molecule has 32 heavy (non-hydrogen) atoms. The van der Waals surface area contributed by atoms with Crippen molar-refractivity contribution in [3.05, 3.63) is 65.2 Å². The normalized spacial score (nSPS) is 19.0. The molecule has 1 heterocycles. The van der Waals surface area contributed by atoms with Gasteiger partial charge >= 0.3 is 0 Å². The number of nitrogens with zero attached hydrogens (tertiary/aromatic N) is 2. The minimum atomic E-state index is -3.64. The molecule has 2 aliphatic rings. The van der Waals surface area contributed by atoms with Gasteiger partial charge in [-0.2, -0.15) is 4.31 Å². The van der Waals surface area contributed by atoms with E-state index >= 15 is 0 Å². The van der Waals surface area contributed by atoms with E-state index in [9.17, 15) is 13.2 Å². The van der Waals surface area contributed by atoms with Crippen LogP contribution in [0.1, 0.15) is 53.6 Å². The zero-order valence-electron chi connectivity index (χ0n) is 18.8. The van der Waals surface area contributed by atoms with Crippen LogP contribution in [0.4, 0.5) is 0 Å². The highest BCUT2D eigenvalue weighted by molar-refractivity contribution is 7.89. The summed E-state index contributed by atoms with van der Waals surface area (Å²) >= 11 is 0. The zero-order chi connectivity index (χ0) is 22.6. The minimum absolute atomic E-state index is 0.167. The molecule has 4 rings (SSSR count). The van der Waals surface area contributed by atoms with E-state index in [-0.39, 0.29) is 16.8 Å². The molecule has 0 bridgehead atoms. The van der Waals surface area contributed by atoms with Gasteiger partial charge in [-0.05, 0) is 43.0 Å². The summed E-state index contributed by atoms with van der Waals surface area (Å²) in [6.07, 6.45) is 5.48. The molecular formula is C25H33N3O3S. The van der Waals surface area contributed by atoms with Gasteiger partial charge in [0.05, 0.1) is 4.90 Å². The van der Waals surface area contributed by atoms with Gasteiger partial charge in [0.25, 0.3) is 5.91 Å². The smallest absolute Gasteiger partial charge is 0.251 e. The van der Waals surface area contributed by atoms with E-state index < -0.39 is 10.0 Å². The van der Waals surface area contributed by atoms with Crippen molar-refractivity contribution in [1.29, 1.82) is 0 Å². The predicted octanol–water partition coefficient (Wildman–Crippen LogP) is 3.56. The van der Waals surface area contributed by atoms with Crippen molar-refractivity contribution < 1.29 is 13.2 Å². The maximum Gasteiger partial charge on any atom is 0.251 e. The molecule has 0 spiro atoms. The summed E-state index contributed by atoms with van der Waals surface area (Å²) in [6, 6.07) is 15.3. The molecule has 0 radical (unpaired) electrons. The summed E-state index contributed by atoms with van der Waals surface area (Å²) in [5.74, 6) is -0.167. The van der Waals surface area contributed by atoms with Gasteiger partial charge in [-0.15, -0.1) is 0 Å². The highest BCUT2D eigenvalue weighted by Crippen LogP contribution is 2.23. The fourth-order valence-electron chi connectivity index (χ4n) is 4.63. The van der Waals surface area contributed by atoms with Gasteiger partial charge in [0, 0.05) is 44.3 Å². The van der Waals surface area contributed by atoms with Gasteiger partial charge in [-0.3, -0.25) is 9.69 Å². The third kappa shape index (κ3) is 5.39. The lowest BCUT2D eigenvalue weighted by atomic mass is 9.95. The predicted molar refractivity (Wildman–Crippen MR) is 126 cm³/mol. The first-order valence-corrected chi connectivity index (χ1v) is 13.1. The van der Waals surface area contributed by atoms with Crippen LogP contribution < -0.4 is 5.32 Å². The summed E-state index contributed by atoms with van der Waals surface area (Å²) in [5, 5.41) is 3.11. The second kappa shape index (κ2) is 10.1. The lowest BCUT2D eigenvalue weighted by molar-refractivity contribution is 0.0927. The highest BCUT2D eigenvalue weighted by Gasteiger charge is 2.29. The number of benzene rings is 2. The third-order valence-electron chi connectivity index (χ3n) is 6.61. The van der Waals surface area contributed by atoms with Crippen LogP contribution in [0, 0.1) is 6.92 Å². The molecule has 172 valence electrons. The molecule has 1 amide bonds. The molecule has 0 atom stereocenters. The molecule has 2 fully saturated rings. The Balaban J connectivity index is 1.42. The Bertz CT molecular complexity index is 1030. The quantitative estimate of drug-likeness (QED) is 0.723. The van der Waals surface area contributed by atoms with Crippen molar-refractivity contribution in [2.45, 2.75) is 56.5 Å². The molecule has 1 N–H and O–H groups in total. The largest absolute Gasteiger partial charge is 0.349 e. The van der Waals surface area contributed by atoms with Gasteiger partial charge in [0.1, 0.15) is 0 Å². The molecule has 1 saturated heterocycles. The van der Waals surface area contributed by atoms with E-state index in [2.05, 4.69) is 22.3 Å². The number of nitrogens with one attached hydrogen (secondary N) is 1. The van der Waals surface area contributed by atoms with Crippen molar-refractivity contribution in [1.82, 2.24) is 14.5 Å². The van der Waals surface area contributed by atoms with E-state index in [4.69, 9.17) is 0 Å². The summed E-state index contributed by atoms with van der Waals surface area (Å²) in [5.41, 5.74) is 2.49. The van der Waals surface area contributed by atoms with Crippen molar-refractivity contribution in [3.8, 4) is 0 Å². The van der Waals surface area contributed by atoms with E-state index in [1.165, 1.54) is 12.0 Å². The van der Waals surface area contributed by atoms with E-state index in [0.29, 0.717) is 31.7 Å². The van der Waals surface area contributed by atoms with Crippen molar-refractivity contribution in [2.75, 3.05) is 26.2 Å². The van der Waals surface area contributed by atoms with Crippen molar-refractivity contribution in [3.63, 3.8) is 0 Å². The van der Waals surface area contributed by atoms with E-state index in [1.54, 1.807) is 22.5 Å². The number of carbonyl (C=O) groups is 1. The maximum atomic E-state index is 13.3. The lowest BCUT2D eigenvalue weighted by Crippen LogP contribution is -2.48. The summed E-state index contributed by atoms with van der Waals surface area (Å²) < 4.78 is 28.2. The number of hydrogen-bond donors (Lipinski definition) is 1. The summed E-state index contributed by atoms with van der Waals surface area (Å²) in [4.78, 5) is 15.4. The van der Waals surface area contributed by atoms with E-state index in [0.717, 1.165) is 37.8 Å². The fraction of sp³-hybridized carbons (Fsp3) is 0.480. The maximum absolute atomic E-state index is 13.3. The van der Waals surface area contributed by atoms with Gasteiger partial charge in [-0.25, -0.2) is 8.42 Å². The van der Waals surface area contributed by atoms with Crippen molar-refractivity contribution in [2.24, 2.45) is 0 Å². The van der Waals surface area contributed by atoms with Crippen LogP contribution in [0.15, 0.2) is 53.4 Å². The first-order chi connectivity index (χ1) is 15.4. The minimum Gasteiger partial charge on any atom is -0.349 e. The number of carbonyl (C=O) groups excluding carboxylic acids is 1. The van der Waals surface area contributed by atoms with Gasteiger partial charge < -0.3 is 5.32 Å². The number of aryl methyl sites for hydroxylation is 1. The SMILES string of the molecule is Cc1ccc(S(=O)(=O)N2CCN(Cc3ccccc3)CC2)cc1C(=O)NC1CCCCC1. The Morgan fingerprint density at radius 1 is 0.969 bits per heavy atom. The number of piperazine rings is 1. The second-order valence-corrected chi connectivity index (χ2v) is 10.9. The van der Waals surface area contributed by atoms with Crippen LogP contribution in [-0.2, 0) is 16.6 Å². The van der Waals surface area contributed by atoms with Crippen LogP contribution >= 0.6 is 0 Å². The van der Waals surface area contributed by atoms with Gasteiger partial charge in [-0.1, -0.05) is 55.7 Å². The van der Waals surface area contributed by atoms with Gasteiger partial charge in [0.2, 0.25) is 10.0 Å². The third-order valence-corrected chi connectivity index (χ3v) is 8.51. The van der Waals surface area contributed by atoms with Crippen LogP contribution in [0.2, 0.25) is 0 Å². The van der Waals surface area contributed by atoms with Crippen LogP contribution in [-0.4, -0.2) is 55.8 Å². The highest BCUT2D eigenvalue weighted by atomic mass is 32.2. The van der Waals surface area contributed by atoms with Crippen LogP contribution in [0.5, 0.6) is 0 Å². The molecule has 2 aromatic carbocycles. The molecular weight excluding hydrogens is 422 g/mol.